The molecule has 0 fully saturated rings. The fourth-order valence-electron chi connectivity index (χ4n) is 4.15. The molecule has 0 aliphatic carbocycles. The Kier molecular flexibility index (Phi) is 2.94. The summed E-state index contributed by atoms with van der Waals surface area (Å²) in [6.07, 6.45) is 1.82. The Morgan fingerprint density at radius 1 is 0.741 bits per heavy atom. The smallest absolute Gasteiger partial charge is 0.137 e. The summed E-state index contributed by atoms with van der Waals surface area (Å²) in [4.78, 5) is 8.14. The minimum absolute atomic E-state index is 0.720. The van der Waals surface area contributed by atoms with Gasteiger partial charge in [0.1, 0.15) is 5.82 Å². The Hall–Kier alpha value is -3.30. The van der Waals surface area contributed by atoms with Crippen LogP contribution < -0.4 is 0 Å². The summed E-state index contributed by atoms with van der Waals surface area (Å²) in [5, 5.41) is 5.59. The average Bonchev–Trinajstić information content (AvgIpc) is 3.23. The molecule has 6 rings (SSSR count). The number of para-hydroxylation sites is 1. The highest BCUT2D eigenvalue weighted by atomic mass is 35.5. The van der Waals surface area contributed by atoms with E-state index >= 15 is 0 Å². The molecular weight excluding hydrogens is 354 g/mol. The molecule has 1 N–H and O–H groups in total. The van der Waals surface area contributed by atoms with Gasteiger partial charge in [-0.1, -0.05) is 41.9 Å². The fourth-order valence-corrected chi connectivity index (χ4v) is 4.32. The molecule has 0 atom stereocenters. The normalized spacial score (nSPS) is 11.9. The molecule has 4 heteroatoms. The summed E-state index contributed by atoms with van der Waals surface area (Å²) in [6.45, 7) is 0. The van der Waals surface area contributed by atoms with Crippen LogP contribution in [0.5, 0.6) is 0 Å². The van der Waals surface area contributed by atoms with Crippen LogP contribution in [-0.4, -0.2) is 14.5 Å². The molecule has 0 aliphatic heterocycles. The van der Waals surface area contributed by atoms with Crippen molar-refractivity contribution in [1.29, 1.82) is 0 Å². The standard InChI is InChI=1S/C23H14ClN3/c24-14-8-9-16-20(13-14)27(21-7-3-4-12-25-21)19-11-10-18-22(23(16)19)15-5-1-2-6-17(15)26-18/h1-13,26H. The Bertz CT molecular complexity index is 1480. The van der Waals surface area contributed by atoms with Crippen LogP contribution in [0.15, 0.2) is 79.0 Å². The van der Waals surface area contributed by atoms with Gasteiger partial charge in [0.15, 0.2) is 0 Å². The van der Waals surface area contributed by atoms with Crippen LogP contribution >= 0.6 is 11.6 Å². The van der Waals surface area contributed by atoms with Crippen LogP contribution in [-0.2, 0) is 0 Å². The van der Waals surface area contributed by atoms with Crippen molar-refractivity contribution in [2.75, 3.05) is 0 Å². The third kappa shape index (κ3) is 2.00. The molecule has 0 unspecified atom stereocenters. The van der Waals surface area contributed by atoms with Gasteiger partial charge in [0.25, 0.3) is 0 Å². The maximum absolute atomic E-state index is 6.36. The highest BCUT2D eigenvalue weighted by Crippen LogP contribution is 2.40. The van der Waals surface area contributed by atoms with Crippen molar-refractivity contribution in [2.24, 2.45) is 0 Å². The molecule has 3 aromatic carbocycles. The Balaban J connectivity index is 1.92. The molecule has 0 aliphatic rings. The number of hydrogen-bond acceptors (Lipinski definition) is 1. The molecule has 27 heavy (non-hydrogen) atoms. The van der Waals surface area contributed by atoms with Crippen LogP contribution in [0.3, 0.4) is 0 Å². The molecule has 0 spiro atoms. The second kappa shape index (κ2) is 5.35. The highest BCUT2D eigenvalue weighted by molar-refractivity contribution is 6.33. The van der Waals surface area contributed by atoms with Gasteiger partial charge in [-0.3, -0.25) is 4.57 Å². The van der Waals surface area contributed by atoms with Crippen LogP contribution in [0.2, 0.25) is 5.02 Å². The van der Waals surface area contributed by atoms with Crippen molar-refractivity contribution in [3.63, 3.8) is 0 Å². The summed E-state index contributed by atoms with van der Waals surface area (Å²) in [6, 6.07) is 24.8. The van der Waals surface area contributed by atoms with E-state index in [9.17, 15) is 0 Å². The van der Waals surface area contributed by atoms with Crippen molar-refractivity contribution in [3.8, 4) is 5.82 Å². The first kappa shape index (κ1) is 14.8. The second-order valence-electron chi connectivity index (χ2n) is 6.74. The predicted octanol–water partition coefficient (Wildman–Crippen LogP) is 6.47. The monoisotopic (exact) mass is 367 g/mol. The summed E-state index contributed by atoms with van der Waals surface area (Å²) in [7, 11) is 0. The van der Waals surface area contributed by atoms with Crippen molar-refractivity contribution in [2.45, 2.75) is 0 Å². The lowest BCUT2D eigenvalue weighted by Crippen LogP contribution is -1.96. The zero-order chi connectivity index (χ0) is 18.0. The van der Waals surface area contributed by atoms with E-state index in [-0.39, 0.29) is 0 Å². The number of rotatable bonds is 1. The number of fused-ring (bicyclic) bond motifs is 7. The first-order valence-electron chi connectivity index (χ1n) is 8.86. The Morgan fingerprint density at radius 3 is 2.52 bits per heavy atom. The van der Waals surface area contributed by atoms with E-state index in [0.29, 0.717) is 0 Å². The third-order valence-electron chi connectivity index (χ3n) is 5.24. The van der Waals surface area contributed by atoms with E-state index in [1.54, 1.807) is 0 Å². The van der Waals surface area contributed by atoms with Crippen LogP contribution in [0.1, 0.15) is 0 Å². The van der Waals surface area contributed by atoms with Gasteiger partial charge >= 0.3 is 0 Å². The minimum Gasteiger partial charge on any atom is -0.354 e. The zero-order valence-electron chi connectivity index (χ0n) is 14.3. The van der Waals surface area contributed by atoms with Crippen molar-refractivity contribution < 1.29 is 0 Å². The number of pyridine rings is 1. The number of nitrogens with zero attached hydrogens (tertiary/aromatic N) is 2. The Morgan fingerprint density at radius 2 is 1.63 bits per heavy atom. The van der Waals surface area contributed by atoms with Gasteiger partial charge in [-0.25, -0.2) is 4.98 Å². The zero-order valence-corrected chi connectivity index (χ0v) is 15.0. The molecule has 0 saturated heterocycles. The molecular formula is C23H14ClN3. The lowest BCUT2D eigenvalue weighted by molar-refractivity contribution is 1.08. The lowest BCUT2D eigenvalue weighted by Gasteiger charge is -2.06. The molecule has 0 radical (unpaired) electrons. The lowest BCUT2D eigenvalue weighted by atomic mass is 10.1. The van der Waals surface area contributed by atoms with Gasteiger partial charge in [-0.2, -0.15) is 0 Å². The quantitative estimate of drug-likeness (QED) is 0.355. The average molecular weight is 368 g/mol. The van der Waals surface area contributed by atoms with Gasteiger partial charge < -0.3 is 4.98 Å². The number of hydrogen-bond donors (Lipinski definition) is 1. The largest absolute Gasteiger partial charge is 0.354 e. The Labute approximate surface area is 159 Å². The number of aromatic amines is 1. The maximum Gasteiger partial charge on any atom is 0.137 e. The molecule has 3 nitrogen and oxygen atoms in total. The number of halogens is 1. The molecule has 3 aromatic heterocycles. The fraction of sp³-hybridized carbons (Fsp3) is 0. The van der Waals surface area contributed by atoms with Crippen LogP contribution in [0.4, 0.5) is 0 Å². The highest BCUT2D eigenvalue weighted by Gasteiger charge is 2.17. The molecule has 6 aromatic rings. The van der Waals surface area contributed by atoms with E-state index in [1.165, 1.54) is 21.5 Å². The van der Waals surface area contributed by atoms with E-state index in [0.717, 1.165) is 32.9 Å². The van der Waals surface area contributed by atoms with Gasteiger partial charge in [0.05, 0.1) is 11.0 Å². The SMILES string of the molecule is Clc1ccc2c3c4c(ccc3n(-c3ccccn3)c2c1)[nH]c1ccccc14. The molecule has 3 heterocycles. The molecule has 0 amide bonds. The number of nitrogens with one attached hydrogen (secondary N) is 1. The summed E-state index contributed by atoms with van der Waals surface area (Å²) >= 11 is 6.36. The van der Waals surface area contributed by atoms with Gasteiger partial charge in [0.2, 0.25) is 0 Å². The van der Waals surface area contributed by atoms with E-state index < -0.39 is 0 Å². The van der Waals surface area contributed by atoms with Crippen molar-refractivity contribution >= 4 is 55.2 Å². The van der Waals surface area contributed by atoms with Crippen molar-refractivity contribution in [1.82, 2.24) is 14.5 Å². The van der Waals surface area contributed by atoms with Gasteiger partial charge in [-0.05, 0) is 42.5 Å². The number of benzene rings is 3. The van der Waals surface area contributed by atoms with Crippen LogP contribution in [0.25, 0.3) is 49.4 Å². The van der Waals surface area contributed by atoms with E-state index in [2.05, 4.69) is 57.0 Å². The molecule has 128 valence electrons. The third-order valence-corrected chi connectivity index (χ3v) is 5.47. The van der Waals surface area contributed by atoms with E-state index in [4.69, 9.17) is 11.6 Å². The summed E-state index contributed by atoms with van der Waals surface area (Å²) in [5.41, 5.74) is 4.48. The van der Waals surface area contributed by atoms with Gasteiger partial charge in [-0.15, -0.1) is 0 Å². The minimum atomic E-state index is 0.720. The summed E-state index contributed by atoms with van der Waals surface area (Å²) in [5.74, 6) is 0.888. The van der Waals surface area contributed by atoms with E-state index in [1.807, 2.05) is 36.5 Å². The van der Waals surface area contributed by atoms with Gasteiger partial charge in [0, 0.05) is 43.8 Å². The first-order valence-corrected chi connectivity index (χ1v) is 9.23. The van der Waals surface area contributed by atoms with Crippen LogP contribution in [0, 0.1) is 0 Å². The maximum atomic E-state index is 6.36. The molecule has 0 bridgehead atoms. The predicted molar refractivity (Wildman–Crippen MR) is 113 cm³/mol. The molecule has 0 saturated carbocycles. The first-order chi connectivity index (χ1) is 13.3. The number of aromatic nitrogens is 3. The second-order valence-corrected chi connectivity index (χ2v) is 7.17. The topological polar surface area (TPSA) is 33.6 Å². The number of H-pyrrole nitrogens is 1. The summed E-state index contributed by atoms with van der Waals surface area (Å²) < 4.78 is 2.19. The van der Waals surface area contributed by atoms with Crippen molar-refractivity contribution in [3.05, 3.63) is 84.0 Å².